The second-order valence-corrected chi connectivity index (χ2v) is 4.48. The topological polar surface area (TPSA) is 3.24 Å². The van der Waals surface area contributed by atoms with E-state index in [1.807, 2.05) is 6.07 Å². The first-order valence-corrected chi connectivity index (χ1v) is 6.92. The highest BCUT2D eigenvalue weighted by Crippen LogP contribution is 2.22. The van der Waals surface area contributed by atoms with E-state index in [9.17, 15) is 0 Å². The molecule has 0 atom stereocenters. The first-order chi connectivity index (χ1) is 9.35. The average molecular weight is 251 g/mol. The molecule has 2 aromatic carbocycles. The van der Waals surface area contributed by atoms with Crippen LogP contribution in [0.2, 0.25) is 0 Å². The largest absolute Gasteiger partial charge is 0.372 e. The molecule has 0 unspecified atom stereocenters. The lowest BCUT2D eigenvalue weighted by Crippen LogP contribution is -2.22. The van der Waals surface area contributed by atoms with E-state index >= 15 is 0 Å². The number of nitrogens with zero attached hydrogens (tertiary/aromatic N) is 1. The standard InChI is InChI=1S/C18H21N/c1-3-19(4-2)18-13-9-8-12-17(18)15-14-16-10-6-5-7-11-16/h5-15H,3-4H2,1-2H3. The lowest BCUT2D eigenvalue weighted by Gasteiger charge is -2.23. The van der Waals surface area contributed by atoms with Crippen molar-refractivity contribution in [2.45, 2.75) is 13.8 Å². The van der Waals surface area contributed by atoms with Gasteiger partial charge in [0.25, 0.3) is 0 Å². The van der Waals surface area contributed by atoms with Crippen LogP contribution in [-0.2, 0) is 0 Å². The molecule has 98 valence electrons. The Morgan fingerprint density at radius 2 is 1.42 bits per heavy atom. The molecule has 0 saturated heterocycles. The molecule has 0 fully saturated rings. The minimum Gasteiger partial charge on any atom is -0.372 e. The van der Waals surface area contributed by atoms with Crippen molar-refractivity contribution in [2.24, 2.45) is 0 Å². The molecule has 0 aromatic heterocycles. The molecule has 0 bridgehead atoms. The Morgan fingerprint density at radius 3 is 2.11 bits per heavy atom. The van der Waals surface area contributed by atoms with Crippen molar-refractivity contribution in [3.63, 3.8) is 0 Å². The monoisotopic (exact) mass is 251 g/mol. The first-order valence-electron chi connectivity index (χ1n) is 6.92. The summed E-state index contributed by atoms with van der Waals surface area (Å²) in [6.07, 6.45) is 4.37. The summed E-state index contributed by atoms with van der Waals surface area (Å²) in [5.41, 5.74) is 3.81. The van der Waals surface area contributed by atoms with Crippen LogP contribution in [-0.4, -0.2) is 13.1 Å². The third kappa shape index (κ3) is 3.47. The number of benzene rings is 2. The number of hydrogen-bond acceptors (Lipinski definition) is 1. The van der Waals surface area contributed by atoms with Crippen LogP contribution in [0.3, 0.4) is 0 Å². The summed E-state index contributed by atoms with van der Waals surface area (Å²) < 4.78 is 0. The van der Waals surface area contributed by atoms with Crippen LogP contribution in [0.5, 0.6) is 0 Å². The summed E-state index contributed by atoms with van der Waals surface area (Å²) >= 11 is 0. The van der Waals surface area contributed by atoms with Gasteiger partial charge in [-0.05, 0) is 31.0 Å². The second-order valence-electron chi connectivity index (χ2n) is 4.48. The number of anilines is 1. The molecule has 2 rings (SSSR count). The van der Waals surface area contributed by atoms with Crippen molar-refractivity contribution < 1.29 is 0 Å². The number of para-hydroxylation sites is 1. The maximum absolute atomic E-state index is 2.38. The average Bonchev–Trinajstić information content (AvgIpc) is 2.48. The van der Waals surface area contributed by atoms with Crippen molar-refractivity contribution in [2.75, 3.05) is 18.0 Å². The van der Waals surface area contributed by atoms with Crippen LogP contribution in [0.25, 0.3) is 12.2 Å². The molecule has 0 amide bonds. The van der Waals surface area contributed by atoms with Crippen molar-refractivity contribution in [1.82, 2.24) is 0 Å². The van der Waals surface area contributed by atoms with Gasteiger partial charge in [-0.1, -0.05) is 60.7 Å². The summed E-state index contributed by atoms with van der Waals surface area (Å²) in [5.74, 6) is 0. The van der Waals surface area contributed by atoms with E-state index < -0.39 is 0 Å². The van der Waals surface area contributed by atoms with Gasteiger partial charge in [-0.25, -0.2) is 0 Å². The maximum atomic E-state index is 2.38. The van der Waals surface area contributed by atoms with E-state index in [1.165, 1.54) is 16.8 Å². The van der Waals surface area contributed by atoms with Gasteiger partial charge < -0.3 is 4.90 Å². The van der Waals surface area contributed by atoms with Crippen LogP contribution >= 0.6 is 0 Å². The normalized spacial score (nSPS) is 10.8. The summed E-state index contributed by atoms with van der Waals surface area (Å²) in [6, 6.07) is 19.0. The fourth-order valence-corrected chi connectivity index (χ4v) is 2.23. The van der Waals surface area contributed by atoms with Gasteiger partial charge in [-0.2, -0.15) is 0 Å². The Hall–Kier alpha value is -2.02. The second kappa shape index (κ2) is 6.79. The van der Waals surface area contributed by atoms with E-state index in [0.717, 1.165) is 13.1 Å². The maximum Gasteiger partial charge on any atom is 0.0439 e. The van der Waals surface area contributed by atoms with E-state index in [0.29, 0.717) is 0 Å². The Bertz CT molecular complexity index is 524. The Kier molecular flexibility index (Phi) is 4.79. The predicted molar refractivity (Wildman–Crippen MR) is 85.4 cm³/mol. The molecule has 19 heavy (non-hydrogen) atoms. The summed E-state index contributed by atoms with van der Waals surface area (Å²) in [6.45, 7) is 6.46. The molecule has 2 aromatic rings. The van der Waals surface area contributed by atoms with Gasteiger partial charge in [0.05, 0.1) is 0 Å². The van der Waals surface area contributed by atoms with Gasteiger partial charge in [0.15, 0.2) is 0 Å². The summed E-state index contributed by atoms with van der Waals surface area (Å²) in [4.78, 5) is 2.38. The zero-order valence-corrected chi connectivity index (χ0v) is 11.7. The molecule has 1 heteroatoms. The highest BCUT2D eigenvalue weighted by atomic mass is 15.1. The van der Waals surface area contributed by atoms with Gasteiger partial charge in [0.1, 0.15) is 0 Å². The third-order valence-corrected chi connectivity index (χ3v) is 3.30. The zero-order valence-electron chi connectivity index (χ0n) is 11.7. The van der Waals surface area contributed by atoms with Gasteiger partial charge in [0, 0.05) is 18.8 Å². The smallest absolute Gasteiger partial charge is 0.0439 e. The Labute approximate surface area is 116 Å². The Balaban J connectivity index is 2.28. The molecule has 0 aliphatic heterocycles. The Morgan fingerprint density at radius 1 is 0.789 bits per heavy atom. The van der Waals surface area contributed by atoms with E-state index in [4.69, 9.17) is 0 Å². The molecular formula is C18H21N. The number of hydrogen-bond donors (Lipinski definition) is 0. The molecular weight excluding hydrogens is 230 g/mol. The minimum absolute atomic E-state index is 1.03. The van der Waals surface area contributed by atoms with Crippen LogP contribution in [0, 0.1) is 0 Å². The van der Waals surface area contributed by atoms with Crippen molar-refractivity contribution in [1.29, 1.82) is 0 Å². The quantitative estimate of drug-likeness (QED) is 0.696. The molecule has 0 radical (unpaired) electrons. The lowest BCUT2D eigenvalue weighted by atomic mass is 10.1. The van der Waals surface area contributed by atoms with E-state index in [1.54, 1.807) is 0 Å². The molecule has 1 nitrogen and oxygen atoms in total. The third-order valence-electron chi connectivity index (χ3n) is 3.30. The first kappa shape index (κ1) is 13.4. The minimum atomic E-state index is 1.03. The van der Waals surface area contributed by atoms with E-state index in [2.05, 4.69) is 79.4 Å². The lowest BCUT2D eigenvalue weighted by molar-refractivity contribution is 0.865. The molecule has 0 spiro atoms. The van der Waals surface area contributed by atoms with Crippen LogP contribution < -0.4 is 4.90 Å². The summed E-state index contributed by atoms with van der Waals surface area (Å²) in [7, 11) is 0. The van der Waals surface area contributed by atoms with Gasteiger partial charge >= 0.3 is 0 Å². The molecule has 0 heterocycles. The van der Waals surface area contributed by atoms with Crippen LogP contribution in [0.4, 0.5) is 5.69 Å². The van der Waals surface area contributed by atoms with Crippen molar-refractivity contribution in [3.8, 4) is 0 Å². The van der Waals surface area contributed by atoms with Gasteiger partial charge in [-0.15, -0.1) is 0 Å². The molecule has 0 saturated carbocycles. The molecule has 0 aliphatic rings. The number of rotatable bonds is 5. The summed E-state index contributed by atoms with van der Waals surface area (Å²) in [5, 5.41) is 0. The fraction of sp³-hybridized carbons (Fsp3) is 0.222. The highest BCUT2D eigenvalue weighted by molar-refractivity contribution is 5.77. The van der Waals surface area contributed by atoms with Gasteiger partial charge in [0.2, 0.25) is 0 Å². The zero-order chi connectivity index (χ0) is 13.5. The fourth-order valence-electron chi connectivity index (χ4n) is 2.23. The van der Waals surface area contributed by atoms with Crippen LogP contribution in [0.15, 0.2) is 54.6 Å². The van der Waals surface area contributed by atoms with E-state index in [-0.39, 0.29) is 0 Å². The molecule has 0 aliphatic carbocycles. The van der Waals surface area contributed by atoms with Crippen molar-refractivity contribution >= 4 is 17.8 Å². The van der Waals surface area contributed by atoms with Crippen molar-refractivity contribution in [3.05, 3.63) is 65.7 Å². The van der Waals surface area contributed by atoms with Crippen LogP contribution in [0.1, 0.15) is 25.0 Å². The van der Waals surface area contributed by atoms with Gasteiger partial charge in [-0.3, -0.25) is 0 Å². The predicted octanol–water partition coefficient (Wildman–Crippen LogP) is 4.70. The molecule has 0 N–H and O–H groups in total. The highest BCUT2D eigenvalue weighted by Gasteiger charge is 2.04. The SMILES string of the molecule is CCN(CC)c1ccccc1C=Cc1ccccc1.